The van der Waals surface area contributed by atoms with Crippen molar-refractivity contribution in [3.63, 3.8) is 0 Å². The molecule has 0 aliphatic carbocycles. The molecule has 0 unspecified atom stereocenters. The second-order valence-corrected chi connectivity index (χ2v) is 8.62. The van der Waals surface area contributed by atoms with Crippen LogP contribution < -0.4 is 0 Å². The number of rotatable bonds is 17. The van der Waals surface area contributed by atoms with Gasteiger partial charge in [0.15, 0.2) is 0 Å². The van der Waals surface area contributed by atoms with Crippen molar-refractivity contribution < 1.29 is 9.59 Å². The van der Waals surface area contributed by atoms with Gasteiger partial charge in [-0.25, -0.2) is 0 Å². The molecule has 1 aliphatic heterocycles. The van der Waals surface area contributed by atoms with E-state index in [4.69, 9.17) is 0 Å². The van der Waals surface area contributed by atoms with Gasteiger partial charge in [-0.1, -0.05) is 84.0 Å². The molecule has 0 atom stereocenters. The van der Waals surface area contributed by atoms with Crippen molar-refractivity contribution in [3.05, 3.63) is 0 Å². The van der Waals surface area contributed by atoms with Gasteiger partial charge < -0.3 is 9.59 Å². The zero-order valence-electron chi connectivity index (χ0n) is 17.5. The molecule has 0 aromatic rings. The van der Waals surface area contributed by atoms with Gasteiger partial charge in [0.05, 0.1) is 26.2 Å². The second kappa shape index (κ2) is 16.1. The number of quaternary nitrogens is 1. The third-order valence-corrected chi connectivity index (χ3v) is 6.33. The average molecular weight is 355 g/mol. The van der Waals surface area contributed by atoms with E-state index < -0.39 is 0 Å². The molecular formula is C23H48NO+. The lowest BCUT2D eigenvalue weighted by molar-refractivity contribution is -0.932. The lowest BCUT2D eigenvalue weighted by Crippen LogP contribution is -2.53. The van der Waals surface area contributed by atoms with E-state index in [1.165, 1.54) is 133 Å². The number of hydrogen-bond donors (Lipinski definition) is 1. The Morgan fingerprint density at radius 1 is 0.560 bits per heavy atom. The first-order chi connectivity index (χ1) is 12.3. The molecule has 1 aliphatic rings. The predicted molar refractivity (Wildman–Crippen MR) is 111 cm³/mol. The molecule has 150 valence electrons. The Hall–Kier alpha value is -0.0800. The molecule has 0 aromatic carbocycles. The summed E-state index contributed by atoms with van der Waals surface area (Å²) in [4.78, 5) is 0. The predicted octanol–water partition coefficient (Wildman–Crippen LogP) is 6.46. The van der Waals surface area contributed by atoms with Crippen molar-refractivity contribution in [1.82, 2.24) is 0 Å². The Labute approximate surface area is 159 Å². The van der Waals surface area contributed by atoms with E-state index in [-0.39, 0.29) is 0 Å². The molecule has 2 heteroatoms. The zero-order valence-corrected chi connectivity index (χ0v) is 17.5. The Bertz CT molecular complexity index is 268. The molecule has 1 rings (SSSR count). The summed E-state index contributed by atoms with van der Waals surface area (Å²) in [5, 5.41) is 9.38. The molecule has 0 saturated carbocycles. The molecule has 1 heterocycles. The fourth-order valence-corrected chi connectivity index (χ4v) is 4.60. The quantitative estimate of drug-likeness (QED) is 0.235. The molecule has 0 spiro atoms. The minimum atomic E-state index is 0.374. The highest BCUT2D eigenvalue weighted by Crippen LogP contribution is 2.20. The van der Waals surface area contributed by atoms with Gasteiger partial charge in [-0.3, -0.25) is 0 Å². The summed E-state index contributed by atoms with van der Waals surface area (Å²) in [6, 6.07) is 0. The SMILES string of the molecule is CCCCCCCCCCCCCCCC[N+]1(CCO)CCCCC1. The van der Waals surface area contributed by atoms with Crippen molar-refractivity contribution in [1.29, 1.82) is 0 Å². The molecule has 1 N–H and O–H groups in total. The lowest BCUT2D eigenvalue weighted by Gasteiger charge is -2.41. The van der Waals surface area contributed by atoms with Crippen LogP contribution in [0.5, 0.6) is 0 Å². The Kier molecular flexibility index (Phi) is 14.8. The minimum absolute atomic E-state index is 0.374. The standard InChI is InChI=1S/C23H48NO/c1-2-3-4-5-6-7-8-9-10-11-12-13-14-16-19-24(22-23-25)20-17-15-18-21-24/h25H,2-23H2,1H3/q+1. The fraction of sp³-hybridized carbons (Fsp3) is 1.00. The van der Waals surface area contributed by atoms with E-state index in [2.05, 4.69) is 6.92 Å². The molecule has 0 bridgehead atoms. The van der Waals surface area contributed by atoms with Crippen LogP contribution in [0.2, 0.25) is 0 Å². The first-order valence-electron chi connectivity index (χ1n) is 11.8. The molecule has 0 aromatic heterocycles. The molecule has 2 nitrogen and oxygen atoms in total. The summed E-state index contributed by atoms with van der Waals surface area (Å²) < 4.78 is 1.22. The Balaban J connectivity index is 1.85. The van der Waals surface area contributed by atoms with Gasteiger partial charge in [0, 0.05) is 0 Å². The second-order valence-electron chi connectivity index (χ2n) is 8.62. The van der Waals surface area contributed by atoms with Crippen molar-refractivity contribution in [2.75, 3.05) is 32.8 Å². The van der Waals surface area contributed by atoms with Crippen molar-refractivity contribution in [2.45, 2.75) is 116 Å². The molecular weight excluding hydrogens is 306 g/mol. The number of piperidine rings is 1. The fourth-order valence-electron chi connectivity index (χ4n) is 4.60. The maximum Gasteiger partial charge on any atom is 0.102 e. The van der Waals surface area contributed by atoms with Crippen LogP contribution in [-0.2, 0) is 0 Å². The van der Waals surface area contributed by atoms with E-state index >= 15 is 0 Å². The highest BCUT2D eigenvalue weighted by atomic mass is 16.3. The van der Waals surface area contributed by atoms with Crippen LogP contribution in [0.3, 0.4) is 0 Å². The summed E-state index contributed by atoms with van der Waals surface area (Å²) in [5.74, 6) is 0. The number of nitrogens with zero attached hydrogens (tertiary/aromatic N) is 1. The van der Waals surface area contributed by atoms with Gasteiger partial charge in [0.1, 0.15) is 6.54 Å². The van der Waals surface area contributed by atoms with Crippen LogP contribution >= 0.6 is 0 Å². The lowest BCUT2D eigenvalue weighted by atomic mass is 10.0. The van der Waals surface area contributed by atoms with Crippen LogP contribution in [-0.4, -0.2) is 42.4 Å². The van der Waals surface area contributed by atoms with E-state index in [0.717, 1.165) is 6.54 Å². The minimum Gasteiger partial charge on any atom is -0.391 e. The number of likely N-dealkylation sites (tertiary alicyclic amines) is 1. The largest absolute Gasteiger partial charge is 0.391 e. The van der Waals surface area contributed by atoms with Gasteiger partial charge >= 0.3 is 0 Å². The molecule has 1 saturated heterocycles. The van der Waals surface area contributed by atoms with E-state index in [0.29, 0.717) is 6.61 Å². The van der Waals surface area contributed by atoms with E-state index in [1.54, 1.807) is 0 Å². The third-order valence-electron chi connectivity index (χ3n) is 6.33. The maximum absolute atomic E-state index is 9.38. The van der Waals surface area contributed by atoms with Crippen molar-refractivity contribution in [3.8, 4) is 0 Å². The first-order valence-corrected chi connectivity index (χ1v) is 11.8. The highest BCUT2D eigenvalue weighted by molar-refractivity contribution is 4.56. The van der Waals surface area contributed by atoms with Crippen LogP contribution in [0.1, 0.15) is 116 Å². The summed E-state index contributed by atoms with van der Waals surface area (Å²) in [6.07, 6.45) is 24.3. The van der Waals surface area contributed by atoms with Gasteiger partial charge in [-0.2, -0.15) is 0 Å². The highest BCUT2D eigenvalue weighted by Gasteiger charge is 2.28. The normalized spacial score (nSPS) is 17.0. The van der Waals surface area contributed by atoms with Crippen LogP contribution in [0.15, 0.2) is 0 Å². The number of aliphatic hydroxyl groups excluding tert-OH is 1. The molecule has 25 heavy (non-hydrogen) atoms. The van der Waals surface area contributed by atoms with Crippen LogP contribution in [0.25, 0.3) is 0 Å². The average Bonchev–Trinajstić information content (AvgIpc) is 2.63. The smallest absolute Gasteiger partial charge is 0.102 e. The summed E-state index contributed by atoms with van der Waals surface area (Å²) >= 11 is 0. The third kappa shape index (κ3) is 12.0. The summed E-state index contributed by atoms with van der Waals surface area (Å²) in [7, 11) is 0. The number of unbranched alkanes of at least 4 members (excludes halogenated alkanes) is 13. The zero-order chi connectivity index (χ0) is 18.1. The monoisotopic (exact) mass is 354 g/mol. The van der Waals surface area contributed by atoms with Gasteiger partial charge in [-0.15, -0.1) is 0 Å². The van der Waals surface area contributed by atoms with Crippen molar-refractivity contribution in [2.24, 2.45) is 0 Å². The van der Waals surface area contributed by atoms with Crippen LogP contribution in [0.4, 0.5) is 0 Å². The molecule has 0 radical (unpaired) electrons. The molecule has 1 fully saturated rings. The van der Waals surface area contributed by atoms with Gasteiger partial charge in [0.2, 0.25) is 0 Å². The van der Waals surface area contributed by atoms with Gasteiger partial charge in [0.25, 0.3) is 0 Å². The Morgan fingerprint density at radius 3 is 1.44 bits per heavy atom. The topological polar surface area (TPSA) is 20.2 Å². The molecule has 0 amide bonds. The van der Waals surface area contributed by atoms with Crippen molar-refractivity contribution >= 4 is 0 Å². The van der Waals surface area contributed by atoms with E-state index in [1.807, 2.05) is 0 Å². The van der Waals surface area contributed by atoms with Gasteiger partial charge in [-0.05, 0) is 32.1 Å². The first kappa shape index (κ1) is 23.0. The van der Waals surface area contributed by atoms with Crippen LogP contribution in [0, 0.1) is 0 Å². The number of hydrogen-bond acceptors (Lipinski definition) is 1. The maximum atomic E-state index is 9.38. The number of aliphatic hydroxyl groups is 1. The summed E-state index contributed by atoms with van der Waals surface area (Å²) in [5.41, 5.74) is 0. The Morgan fingerprint density at radius 2 is 1.00 bits per heavy atom. The summed E-state index contributed by atoms with van der Waals surface area (Å²) in [6.45, 7) is 7.62. The van der Waals surface area contributed by atoms with E-state index in [9.17, 15) is 5.11 Å².